The molecule has 29 heavy (non-hydrogen) atoms. The molecule has 2 heterocycles. The van der Waals surface area contributed by atoms with E-state index in [1.807, 2.05) is 0 Å². The summed E-state index contributed by atoms with van der Waals surface area (Å²) in [5.41, 5.74) is 0.488. The molecule has 8 nitrogen and oxygen atoms in total. The Kier molecular flexibility index (Phi) is 6.04. The number of hydrogen-bond donors (Lipinski definition) is 1. The summed E-state index contributed by atoms with van der Waals surface area (Å²) >= 11 is 0. The molecule has 1 atom stereocenters. The van der Waals surface area contributed by atoms with Gasteiger partial charge in [0.25, 0.3) is 0 Å². The number of rotatable bonds is 6. The molecule has 1 aromatic carbocycles. The van der Waals surface area contributed by atoms with Crippen molar-refractivity contribution in [3.8, 4) is 0 Å². The first-order valence-corrected chi connectivity index (χ1v) is 10.6. The van der Waals surface area contributed by atoms with Crippen LogP contribution in [-0.4, -0.2) is 48.4 Å². The second-order valence-corrected chi connectivity index (χ2v) is 8.55. The van der Waals surface area contributed by atoms with Crippen LogP contribution < -0.4 is 5.32 Å². The van der Waals surface area contributed by atoms with E-state index in [1.165, 1.54) is 41.1 Å². The molecule has 2 aromatic rings. The van der Waals surface area contributed by atoms with Gasteiger partial charge in [0.1, 0.15) is 22.4 Å². The SMILES string of the molecule is CCOC(=O)c1cc(S(=O)(=O)N2CCC[C@@H]2C(=O)Nc2ccc(F)cc2)cn1C. The lowest BCUT2D eigenvalue weighted by atomic mass is 10.2. The Bertz CT molecular complexity index is 1020. The fraction of sp³-hybridized carbons (Fsp3) is 0.368. The summed E-state index contributed by atoms with van der Waals surface area (Å²) in [5, 5.41) is 2.63. The molecule has 0 saturated carbocycles. The van der Waals surface area contributed by atoms with E-state index in [4.69, 9.17) is 4.74 Å². The molecule has 1 aromatic heterocycles. The van der Waals surface area contributed by atoms with Crippen LogP contribution in [0.5, 0.6) is 0 Å². The van der Waals surface area contributed by atoms with Crippen LogP contribution in [0.2, 0.25) is 0 Å². The summed E-state index contributed by atoms with van der Waals surface area (Å²) in [4.78, 5) is 24.6. The Balaban J connectivity index is 1.82. The van der Waals surface area contributed by atoms with Gasteiger partial charge in [-0.3, -0.25) is 4.79 Å². The Morgan fingerprint density at radius 1 is 1.28 bits per heavy atom. The van der Waals surface area contributed by atoms with Crippen LogP contribution in [-0.2, 0) is 26.6 Å². The molecule has 0 radical (unpaired) electrons. The smallest absolute Gasteiger partial charge is 0.354 e. The number of carbonyl (C=O) groups is 2. The number of anilines is 1. The largest absolute Gasteiger partial charge is 0.461 e. The maximum absolute atomic E-state index is 13.1. The summed E-state index contributed by atoms with van der Waals surface area (Å²) in [5.74, 6) is -1.54. The molecule has 0 aliphatic carbocycles. The number of nitrogens with zero attached hydrogens (tertiary/aromatic N) is 2. The number of aromatic nitrogens is 1. The van der Waals surface area contributed by atoms with Crippen LogP contribution in [0.3, 0.4) is 0 Å². The first-order valence-electron chi connectivity index (χ1n) is 9.15. The van der Waals surface area contributed by atoms with Crippen LogP contribution in [0.15, 0.2) is 41.4 Å². The molecule has 1 aliphatic heterocycles. The van der Waals surface area contributed by atoms with Gasteiger partial charge in [0.15, 0.2) is 0 Å². The molecule has 10 heteroatoms. The van der Waals surface area contributed by atoms with Crippen molar-refractivity contribution in [3.63, 3.8) is 0 Å². The standard InChI is InChI=1S/C19H22FN3O5S/c1-3-28-19(25)17-11-15(12-22(17)2)29(26,27)23-10-4-5-16(23)18(24)21-14-8-6-13(20)7-9-14/h6-9,11-12,16H,3-5,10H2,1-2H3,(H,21,24)/t16-/m1/s1. The highest BCUT2D eigenvalue weighted by molar-refractivity contribution is 7.89. The predicted molar refractivity (Wildman–Crippen MR) is 103 cm³/mol. The summed E-state index contributed by atoms with van der Waals surface area (Å²) in [6.45, 7) is 2.02. The summed E-state index contributed by atoms with van der Waals surface area (Å²) in [6, 6.07) is 5.59. The molecule has 1 amide bonds. The van der Waals surface area contributed by atoms with Gasteiger partial charge < -0.3 is 14.6 Å². The highest BCUT2D eigenvalue weighted by Crippen LogP contribution is 2.28. The van der Waals surface area contributed by atoms with Gasteiger partial charge in [-0.05, 0) is 50.1 Å². The van der Waals surface area contributed by atoms with Gasteiger partial charge in [-0.25, -0.2) is 17.6 Å². The lowest BCUT2D eigenvalue weighted by molar-refractivity contribution is -0.119. The number of nitrogens with one attached hydrogen (secondary N) is 1. The topological polar surface area (TPSA) is 97.7 Å². The zero-order chi connectivity index (χ0) is 21.2. The van der Waals surface area contributed by atoms with Crippen LogP contribution in [0.1, 0.15) is 30.3 Å². The molecule has 1 aliphatic rings. The number of aryl methyl sites for hydroxylation is 1. The Morgan fingerprint density at radius 2 is 1.97 bits per heavy atom. The minimum Gasteiger partial charge on any atom is -0.461 e. The lowest BCUT2D eigenvalue weighted by Gasteiger charge is -2.22. The first kappa shape index (κ1) is 21.0. The normalized spacial score (nSPS) is 17.3. The highest BCUT2D eigenvalue weighted by atomic mass is 32.2. The van der Waals surface area contributed by atoms with Gasteiger partial charge in [-0.2, -0.15) is 4.31 Å². The predicted octanol–water partition coefficient (Wildman–Crippen LogP) is 2.13. The third-order valence-electron chi connectivity index (χ3n) is 4.69. The molecule has 0 bridgehead atoms. The first-order chi connectivity index (χ1) is 13.7. The second kappa shape index (κ2) is 8.34. The molecule has 156 valence electrons. The molecular weight excluding hydrogens is 401 g/mol. The zero-order valence-electron chi connectivity index (χ0n) is 16.1. The zero-order valence-corrected chi connectivity index (χ0v) is 16.9. The third-order valence-corrected chi connectivity index (χ3v) is 6.56. The minimum atomic E-state index is -4.00. The molecule has 0 spiro atoms. The summed E-state index contributed by atoms with van der Waals surface area (Å²) in [6.07, 6.45) is 2.22. The van der Waals surface area contributed by atoms with Crippen molar-refractivity contribution in [3.05, 3.63) is 48.0 Å². The fourth-order valence-corrected chi connectivity index (χ4v) is 5.00. The molecule has 0 unspecified atom stereocenters. The van der Waals surface area contributed by atoms with Gasteiger partial charge >= 0.3 is 5.97 Å². The average molecular weight is 423 g/mol. The number of esters is 1. The monoisotopic (exact) mass is 423 g/mol. The summed E-state index contributed by atoms with van der Waals surface area (Å²) in [7, 11) is -2.45. The van der Waals surface area contributed by atoms with Gasteiger partial charge in [0, 0.05) is 25.5 Å². The van der Waals surface area contributed by atoms with Gasteiger partial charge in [-0.15, -0.1) is 0 Å². The molecule has 3 rings (SSSR count). The lowest BCUT2D eigenvalue weighted by Crippen LogP contribution is -2.43. The van der Waals surface area contributed by atoms with Crippen molar-refractivity contribution < 1.29 is 27.1 Å². The quantitative estimate of drug-likeness (QED) is 0.718. The Labute approximate surface area is 168 Å². The highest BCUT2D eigenvalue weighted by Gasteiger charge is 2.40. The van der Waals surface area contributed by atoms with Gasteiger partial charge in [0.2, 0.25) is 15.9 Å². The molecule has 1 N–H and O–H groups in total. The molecule has 1 fully saturated rings. The number of hydrogen-bond acceptors (Lipinski definition) is 5. The number of benzene rings is 1. The number of sulfonamides is 1. The van der Waals surface area contributed by atoms with Crippen molar-refractivity contribution >= 4 is 27.6 Å². The summed E-state index contributed by atoms with van der Waals surface area (Å²) < 4.78 is 46.7. The Morgan fingerprint density at radius 3 is 2.62 bits per heavy atom. The van der Waals surface area contributed by atoms with Gasteiger partial charge in [0.05, 0.1) is 6.61 Å². The van der Waals surface area contributed by atoms with E-state index in [0.717, 1.165) is 4.31 Å². The minimum absolute atomic E-state index is 0.0791. The fourth-order valence-electron chi connectivity index (χ4n) is 3.27. The average Bonchev–Trinajstić information content (AvgIpc) is 3.31. The van der Waals surface area contributed by atoms with E-state index in [9.17, 15) is 22.4 Å². The molecule has 1 saturated heterocycles. The van der Waals surface area contributed by atoms with Crippen LogP contribution in [0, 0.1) is 5.82 Å². The number of ether oxygens (including phenoxy) is 1. The van der Waals surface area contributed by atoms with Crippen LogP contribution in [0.25, 0.3) is 0 Å². The van der Waals surface area contributed by atoms with E-state index in [2.05, 4.69) is 5.32 Å². The van der Waals surface area contributed by atoms with Crippen molar-refractivity contribution in [1.82, 2.24) is 8.87 Å². The number of halogens is 1. The van der Waals surface area contributed by atoms with Crippen molar-refractivity contribution in [2.75, 3.05) is 18.5 Å². The van der Waals surface area contributed by atoms with E-state index < -0.39 is 33.8 Å². The van der Waals surface area contributed by atoms with E-state index in [-0.39, 0.29) is 23.7 Å². The van der Waals surface area contributed by atoms with Crippen LogP contribution in [0.4, 0.5) is 10.1 Å². The van der Waals surface area contributed by atoms with E-state index in [0.29, 0.717) is 18.5 Å². The van der Waals surface area contributed by atoms with Crippen LogP contribution >= 0.6 is 0 Å². The van der Waals surface area contributed by atoms with Gasteiger partial charge in [-0.1, -0.05) is 0 Å². The van der Waals surface area contributed by atoms with Crippen molar-refractivity contribution in [2.45, 2.75) is 30.7 Å². The number of carbonyl (C=O) groups excluding carboxylic acids is 2. The van der Waals surface area contributed by atoms with E-state index in [1.54, 1.807) is 14.0 Å². The Hall–Kier alpha value is -2.72. The number of amides is 1. The second-order valence-electron chi connectivity index (χ2n) is 6.66. The van der Waals surface area contributed by atoms with E-state index >= 15 is 0 Å². The maximum atomic E-state index is 13.1. The molecular formula is C19H22FN3O5S. The van der Waals surface area contributed by atoms with Crippen molar-refractivity contribution in [1.29, 1.82) is 0 Å². The third kappa shape index (κ3) is 4.33. The maximum Gasteiger partial charge on any atom is 0.354 e. The van der Waals surface area contributed by atoms with Crippen molar-refractivity contribution in [2.24, 2.45) is 7.05 Å².